The lowest BCUT2D eigenvalue weighted by Gasteiger charge is -2.53. The van der Waals surface area contributed by atoms with E-state index in [0.717, 1.165) is 7.05 Å². The molecule has 230 valence electrons. The Morgan fingerprint density at radius 2 is 1.73 bits per heavy atom. The van der Waals surface area contributed by atoms with Crippen LogP contribution in [-0.2, 0) is 32.8 Å². The van der Waals surface area contributed by atoms with Crippen LogP contribution in [0.15, 0.2) is 36.4 Å². The number of carbonyl (C=O) groups is 3. The van der Waals surface area contributed by atoms with E-state index in [0.29, 0.717) is 33.8 Å². The van der Waals surface area contributed by atoms with Crippen LogP contribution in [0.25, 0.3) is 0 Å². The number of hydrogen-bond acceptors (Lipinski definition) is 8. The number of hydrogen-bond donors (Lipinski definition) is 5. The second-order valence-electron chi connectivity index (χ2n) is 11.4. The average Bonchev–Trinajstić information content (AvgIpc) is 2.98. The molecule has 3 unspecified atom stereocenters. The molecular weight excluding hydrogens is 573 g/mol. The molecule has 10 nitrogen and oxygen atoms in total. The number of amides is 2. The lowest BCUT2D eigenvalue weighted by Crippen LogP contribution is -2.79. The molecule has 0 aliphatic carbocycles. The Kier molecular flexibility index (Phi) is 12.7. The molecule has 0 heterocycles. The van der Waals surface area contributed by atoms with Crippen LogP contribution >= 0.6 is 0 Å². The zero-order valence-electron chi connectivity index (χ0n) is 26.0. The van der Waals surface area contributed by atoms with Crippen molar-refractivity contribution >= 4 is 63.5 Å². The second-order valence-corrected chi connectivity index (χ2v) is 11.4. The van der Waals surface area contributed by atoms with E-state index in [2.05, 4.69) is 10.6 Å². The van der Waals surface area contributed by atoms with E-state index in [9.17, 15) is 29.7 Å². The van der Waals surface area contributed by atoms with Gasteiger partial charge in [0.15, 0.2) is 0 Å². The minimum Gasteiger partial charge on any atom is -0.395 e. The Bertz CT molecular complexity index is 1370. The maximum absolute atomic E-state index is 15.4. The van der Waals surface area contributed by atoms with Crippen molar-refractivity contribution in [1.82, 2.24) is 15.1 Å². The molecule has 0 saturated carbocycles. The van der Waals surface area contributed by atoms with Gasteiger partial charge in [0, 0.05) is 37.9 Å². The van der Waals surface area contributed by atoms with Crippen LogP contribution in [0.3, 0.4) is 0 Å². The van der Waals surface area contributed by atoms with Crippen LogP contribution in [0.5, 0.6) is 0 Å². The summed E-state index contributed by atoms with van der Waals surface area (Å²) in [5.74, 6) is -1.67. The van der Waals surface area contributed by atoms with Crippen LogP contribution in [0.2, 0.25) is 0 Å². The number of carbonyl (C=O) groups excluding carboxylic acids is 3. The zero-order valence-corrected chi connectivity index (χ0v) is 26.0. The van der Waals surface area contributed by atoms with Gasteiger partial charge in [0.25, 0.3) is 0 Å². The first-order valence-electron chi connectivity index (χ1n) is 14.1. The molecule has 45 heavy (non-hydrogen) atoms. The molecule has 0 aliphatic rings. The molecule has 2 amide bonds. The fourth-order valence-electron chi connectivity index (χ4n) is 4.90. The third-order valence-electron chi connectivity index (χ3n) is 7.73. The number of aryl methyl sites for hydroxylation is 1. The number of anilines is 1. The van der Waals surface area contributed by atoms with Gasteiger partial charge < -0.3 is 40.5 Å². The van der Waals surface area contributed by atoms with Crippen molar-refractivity contribution < 1.29 is 34.1 Å². The Morgan fingerprint density at radius 1 is 1.09 bits per heavy atom. The standard InChI is InChI=1S/C29H36B5FN4O6/c1-18(2)14-38(10-11-40)28(32,33)21-9-8-20(23(35)12-21)13-37-24-7-5-6-19(3)22(24)15-39(17-42)27(31,25(43)36-4)29(34,45)26(30,44)16-41/h5-9,12,16-18,37,40,44-45H,10-11,13-15H2,1-4H3,(H,36,43). The summed E-state index contributed by atoms with van der Waals surface area (Å²) in [6, 6.07) is 9.32. The summed E-state index contributed by atoms with van der Waals surface area (Å²) >= 11 is 0. The number of nitrogens with one attached hydrogen (secondary N) is 2. The van der Waals surface area contributed by atoms with Crippen LogP contribution in [0.4, 0.5) is 10.1 Å². The predicted molar refractivity (Wildman–Crippen MR) is 173 cm³/mol. The largest absolute Gasteiger partial charge is 0.395 e. The normalized spacial score (nSPS) is 15.9. The van der Waals surface area contributed by atoms with E-state index in [1.807, 2.05) is 13.8 Å². The molecular formula is C29H36B5FN4O6. The van der Waals surface area contributed by atoms with Crippen molar-refractivity contribution in [3.8, 4) is 0 Å². The molecule has 10 radical (unpaired) electrons. The predicted octanol–water partition coefficient (Wildman–Crippen LogP) is -1.37. The zero-order chi connectivity index (χ0) is 34.4. The summed E-state index contributed by atoms with van der Waals surface area (Å²) in [6.07, 6.45) is -0.206. The lowest BCUT2D eigenvalue weighted by atomic mass is 9.45. The molecule has 3 atom stereocenters. The van der Waals surface area contributed by atoms with E-state index in [1.165, 1.54) is 12.1 Å². The van der Waals surface area contributed by atoms with Gasteiger partial charge in [0.1, 0.15) is 41.1 Å². The van der Waals surface area contributed by atoms with Crippen molar-refractivity contribution in [2.45, 2.75) is 55.6 Å². The van der Waals surface area contributed by atoms with Crippen molar-refractivity contribution in [2.75, 3.05) is 32.1 Å². The average molecular weight is 610 g/mol. The third kappa shape index (κ3) is 7.85. The van der Waals surface area contributed by atoms with Gasteiger partial charge in [-0.2, -0.15) is 0 Å². The maximum Gasteiger partial charge on any atom is 0.238 e. The molecule has 5 N–H and O–H groups in total. The molecule has 2 rings (SSSR count). The number of likely N-dealkylation sites (N-methyl/N-ethyl adjacent to an activating group) is 1. The van der Waals surface area contributed by atoms with Gasteiger partial charge in [-0.05, 0) is 53.5 Å². The Morgan fingerprint density at radius 3 is 2.24 bits per heavy atom. The number of halogens is 1. The van der Waals surface area contributed by atoms with E-state index >= 15 is 4.39 Å². The highest BCUT2D eigenvalue weighted by molar-refractivity contribution is 6.41. The first-order chi connectivity index (χ1) is 20.8. The third-order valence-corrected chi connectivity index (χ3v) is 7.73. The molecule has 0 fully saturated rings. The van der Waals surface area contributed by atoms with Gasteiger partial charge in [0.05, 0.1) is 33.3 Å². The van der Waals surface area contributed by atoms with Crippen molar-refractivity contribution in [2.24, 2.45) is 5.92 Å². The lowest BCUT2D eigenvalue weighted by molar-refractivity contribution is -0.159. The summed E-state index contributed by atoms with van der Waals surface area (Å²) < 4.78 is 15.4. The number of benzene rings is 2. The highest BCUT2D eigenvalue weighted by atomic mass is 19.1. The summed E-state index contributed by atoms with van der Waals surface area (Å²) in [4.78, 5) is 39.0. The van der Waals surface area contributed by atoms with Crippen molar-refractivity contribution in [1.29, 1.82) is 0 Å². The minimum absolute atomic E-state index is 0.0458. The van der Waals surface area contributed by atoms with Crippen LogP contribution in [0, 0.1) is 18.7 Å². The number of nitrogens with zero attached hydrogens (tertiary/aromatic N) is 2. The summed E-state index contributed by atoms with van der Waals surface area (Å²) in [6.45, 7) is 5.58. The van der Waals surface area contributed by atoms with E-state index in [1.54, 1.807) is 36.1 Å². The highest BCUT2D eigenvalue weighted by Crippen LogP contribution is 2.34. The van der Waals surface area contributed by atoms with Crippen LogP contribution < -0.4 is 10.6 Å². The molecule has 2 aromatic rings. The smallest absolute Gasteiger partial charge is 0.238 e. The highest BCUT2D eigenvalue weighted by Gasteiger charge is 2.59. The van der Waals surface area contributed by atoms with Gasteiger partial charge in [-0.3, -0.25) is 9.59 Å². The first-order valence-corrected chi connectivity index (χ1v) is 14.1. The fourth-order valence-corrected chi connectivity index (χ4v) is 4.90. The Labute approximate surface area is 270 Å². The molecule has 0 bridgehead atoms. The van der Waals surface area contributed by atoms with Gasteiger partial charge in [-0.1, -0.05) is 38.1 Å². The van der Waals surface area contributed by atoms with Gasteiger partial charge in [-0.25, -0.2) is 4.39 Å². The second kappa shape index (κ2) is 15.0. The molecule has 0 saturated heterocycles. The summed E-state index contributed by atoms with van der Waals surface area (Å²) in [5, 5.41) is 34.4. The maximum atomic E-state index is 15.4. The van der Waals surface area contributed by atoms with Crippen LogP contribution in [0.1, 0.15) is 36.1 Å². The van der Waals surface area contributed by atoms with Crippen molar-refractivity contribution in [3.63, 3.8) is 0 Å². The molecule has 2 aromatic carbocycles. The molecule has 0 spiro atoms. The summed E-state index contributed by atoms with van der Waals surface area (Å²) in [5.41, 5.74) is -7.68. The number of aldehydes is 1. The van der Waals surface area contributed by atoms with E-state index in [4.69, 9.17) is 39.2 Å². The van der Waals surface area contributed by atoms with Crippen LogP contribution in [-0.4, -0.2) is 126 Å². The Hall–Kier alpha value is -3.06. The Balaban J connectivity index is 2.45. The minimum atomic E-state index is -3.37. The first kappa shape index (κ1) is 38.1. The number of rotatable bonds is 17. The number of aliphatic hydroxyl groups is 3. The molecule has 0 aliphatic heterocycles. The quantitative estimate of drug-likeness (QED) is 0.109. The van der Waals surface area contributed by atoms with Gasteiger partial charge in [0.2, 0.25) is 12.3 Å². The molecule has 0 aromatic heterocycles. The van der Waals surface area contributed by atoms with E-state index in [-0.39, 0.29) is 43.9 Å². The van der Waals surface area contributed by atoms with E-state index < -0.39 is 40.0 Å². The topological polar surface area (TPSA) is 142 Å². The molecule has 16 heteroatoms. The monoisotopic (exact) mass is 610 g/mol. The summed E-state index contributed by atoms with van der Waals surface area (Å²) in [7, 11) is 31.4. The van der Waals surface area contributed by atoms with Gasteiger partial charge >= 0.3 is 0 Å². The van der Waals surface area contributed by atoms with Crippen molar-refractivity contribution in [3.05, 3.63) is 64.5 Å². The number of aliphatic hydroxyl groups excluding tert-OH is 1. The fraction of sp³-hybridized carbons (Fsp3) is 0.483. The SMILES string of the molecule is [B]C([B])(c1ccc(CNc2cccc(C)c2CN(C=O)C([B])(C(=O)NC)C([B])(O)C([B])(O)C=O)c(F)c1)N(CCO)CC(C)C. The van der Waals surface area contributed by atoms with Gasteiger partial charge in [-0.15, -0.1) is 0 Å².